The maximum Gasteiger partial charge on any atom is 0.338 e. The van der Waals surface area contributed by atoms with Gasteiger partial charge in [-0.3, -0.25) is 4.79 Å². The van der Waals surface area contributed by atoms with Crippen molar-refractivity contribution in [3.63, 3.8) is 0 Å². The van der Waals surface area contributed by atoms with Gasteiger partial charge in [0.1, 0.15) is 0 Å². The van der Waals surface area contributed by atoms with Gasteiger partial charge in [0.2, 0.25) is 15.8 Å². The Kier molecular flexibility index (Phi) is 7.05. The number of Topliss-reactive ketones (excluding diaryl/α,β-unsaturated/α-hetero) is 1. The van der Waals surface area contributed by atoms with Crippen molar-refractivity contribution in [2.45, 2.75) is 50.5 Å². The highest BCUT2D eigenvalue weighted by Gasteiger charge is 2.26. The van der Waals surface area contributed by atoms with E-state index in [9.17, 15) is 18.0 Å². The fourth-order valence-corrected chi connectivity index (χ4v) is 4.96. The van der Waals surface area contributed by atoms with Gasteiger partial charge in [-0.2, -0.15) is 4.31 Å². The highest BCUT2D eigenvalue weighted by molar-refractivity contribution is 7.89. The number of rotatable bonds is 7. The number of nitrogens with zero attached hydrogens (tertiary/aromatic N) is 1. The average Bonchev–Trinajstić information content (AvgIpc) is 2.79. The van der Waals surface area contributed by atoms with E-state index in [0.29, 0.717) is 18.7 Å². The Balaban J connectivity index is 1.65. The first kappa shape index (κ1) is 22.2. The highest BCUT2D eigenvalue weighted by atomic mass is 32.2. The summed E-state index contributed by atoms with van der Waals surface area (Å²) < 4.78 is 32.2. The summed E-state index contributed by atoms with van der Waals surface area (Å²) in [7, 11) is -3.56. The molecule has 3 rings (SSSR count). The molecule has 1 heterocycles. The normalized spacial score (nSPS) is 16.1. The summed E-state index contributed by atoms with van der Waals surface area (Å²) in [4.78, 5) is 25.1. The highest BCUT2D eigenvalue weighted by Crippen LogP contribution is 2.21. The summed E-state index contributed by atoms with van der Waals surface area (Å²) in [5, 5.41) is 0. The van der Waals surface area contributed by atoms with Crippen molar-refractivity contribution in [1.29, 1.82) is 0 Å². The molecule has 0 aliphatic carbocycles. The fraction of sp³-hybridized carbons (Fsp3) is 0.391. The van der Waals surface area contributed by atoms with Crippen LogP contribution < -0.4 is 0 Å². The monoisotopic (exact) mass is 429 g/mol. The molecule has 7 heteroatoms. The molecule has 1 atom stereocenters. The molecule has 1 aliphatic heterocycles. The number of piperidine rings is 1. The van der Waals surface area contributed by atoms with Crippen molar-refractivity contribution in [1.82, 2.24) is 4.31 Å². The standard InChI is InChI=1S/C23H27NO5S/c1-3-18-7-9-19(10-8-18)22(25)17(2)29-23(26)20-11-13-21(14-12-20)30(27,28)24-15-5-4-6-16-24/h7-14,17H,3-6,15-16H2,1-2H3. The molecule has 0 saturated carbocycles. The number of carbonyl (C=O) groups is 2. The first-order valence-corrected chi connectivity index (χ1v) is 11.7. The zero-order valence-electron chi connectivity index (χ0n) is 17.3. The number of aryl methyl sites for hydroxylation is 1. The Labute approximate surface area is 177 Å². The molecule has 1 unspecified atom stereocenters. The minimum atomic E-state index is -3.56. The smallest absolute Gasteiger partial charge is 0.338 e. The van der Waals surface area contributed by atoms with Crippen LogP contribution in [0.5, 0.6) is 0 Å². The number of ketones is 1. The molecule has 6 nitrogen and oxygen atoms in total. The van der Waals surface area contributed by atoms with Gasteiger partial charge in [0.05, 0.1) is 10.5 Å². The number of benzene rings is 2. The van der Waals surface area contributed by atoms with Crippen LogP contribution in [0, 0.1) is 0 Å². The Morgan fingerprint density at radius 2 is 1.50 bits per heavy atom. The summed E-state index contributed by atoms with van der Waals surface area (Å²) in [5.74, 6) is -0.946. The number of esters is 1. The molecule has 0 radical (unpaired) electrons. The summed E-state index contributed by atoms with van der Waals surface area (Å²) in [6.45, 7) is 4.60. The summed E-state index contributed by atoms with van der Waals surface area (Å²) in [6, 6.07) is 12.9. The van der Waals surface area contributed by atoms with E-state index in [1.165, 1.54) is 35.5 Å². The predicted molar refractivity (Wildman–Crippen MR) is 114 cm³/mol. The quantitative estimate of drug-likeness (QED) is 0.493. The molecule has 0 bridgehead atoms. The Hall–Kier alpha value is -2.51. The van der Waals surface area contributed by atoms with Crippen LogP contribution in [-0.2, 0) is 21.2 Å². The third kappa shape index (κ3) is 4.96. The van der Waals surface area contributed by atoms with Crippen LogP contribution in [0.4, 0.5) is 0 Å². The lowest BCUT2D eigenvalue weighted by molar-refractivity contribution is 0.0318. The minimum Gasteiger partial charge on any atom is -0.451 e. The van der Waals surface area contributed by atoms with Gasteiger partial charge in [-0.05, 0) is 56.0 Å². The Morgan fingerprint density at radius 1 is 0.933 bits per heavy atom. The largest absolute Gasteiger partial charge is 0.451 e. The molecule has 160 valence electrons. The van der Waals surface area contributed by atoms with Gasteiger partial charge in [0.25, 0.3) is 0 Å². The molecule has 0 aromatic heterocycles. The average molecular weight is 430 g/mol. The van der Waals surface area contributed by atoms with Crippen LogP contribution in [0.15, 0.2) is 53.4 Å². The van der Waals surface area contributed by atoms with Crippen molar-refractivity contribution in [3.05, 3.63) is 65.2 Å². The van der Waals surface area contributed by atoms with E-state index in [0.717, 1.165) is 31.2 Å². The molecular formula is C23H27NO5S. The lowest BCUT2D eigenvalue weighted by atomic mass is 10.0. The van der Waals surface area contributed by atoms with Crippen molar-refractivity contribution in [2.75, 3.05) is 13.1 Å². The van der Waals surface area contributed by atoms with Gasteiger partial charge in [0.15, 0.2) is 6.10 Å². The molecule has 1 aliphatic rings. The fourth-order valence-electron chi connectivity index (χ4n) is 3.44. The van der Waals surface area contributed by atoms with Gasteiger partial charge in [0, 0.05) is 18.7 Å². The van der Waals surface area contributed by atoms with Gasteiger partial charge in [-0.1, -0.05) is 37.6 Å². The minimum absolute atomic E-state index is 0.154. The molecule has 2 aromatic rings. The third-order valence-electron chi connectivity index (χ3n) is 5.34. The van der Waals surface area contributed by atoms with E-state index < -0.39 is 22.1 Å². The van der Waals surface area contributed by atoms with Crippen LogP contribution in [0.2, 0.25) is 0 Å². The molecule has 2 aromatic carbocycles. The summed E-state index contributed by atoms with van der Waals surface area (Å²) >= 11 is 0. The molecule has 0 spiro atoms. The number of ether oxygens (including phenoxy) is 1. The van der Waals surface area contributed by atoms with Crippen LogP contribution in [0.25, 0.3) is 0 Å². The first-order chi connectivity index (χ1) is 14.3. The molecule has 0 N–H and O–H groups in total. The summed E-state index contributed by atoms with van der Waals surface area (Å²) in [6.07, 6.45) is 2.69. The Bertz CT molecular complexity index is 991. The van der Waals surface area contributed by atoms with Crippen molar-refractivity contribution >= 4 is 21.8 Å². The SMILES string of the molecule is CCc1ccc(C(=O)C(C)OC(=O)c2ccc(S(=O)(=O)N3CCCCC3)cc2)cc1. The lowest BCUT2D eigenvalue weighted by Crippen LogP contribution is -2.35. The zero-order valence-corrected chi connectivity index (χ0v) is 18.2. The van der Waals surface area contributed by atoms with Crippen molar-refractivity contribution in [3.8, 4) is 0 Å². The lowest BCUT2D eigenvalue weighted by Gasteiger charge is -2.25. The van der Waals surface area contributed by atoms with Crippen molar-refractivity contribution < 1.29 is 22.7 Å². The molecule has 0 amide bonds. The maximum absolute atomic E-state index is 12.7. The van der Waals surface area contributed by atoms with E-state index in [1.54, 1.807) is 12.1 Å². The maximum atomic E-state index is 12.7. The van der Waals surface area contributed by atoms with Crippen LogP contribution >= 0.6 is 0 Å². The van der Waals surface area contributed by atoms with E-state index in [4.69, 9.17) is 4.74 Å². The molecule has 1 saturated heterocycles. The van der Waals surface area contributed by atoms with Gasteiger partial charge >= 0.3 is 5.97 Å². The number of carbonyl (C=O) groups excluding carboxylic acids is 2. The van der Waals surface area contributed by atoms with Gasteiger partial charge in [-0.15, -0.1) is 0 Å². The second-order valence-corrected chi connectivity index (χ2v) is 9.39. The van der Waals surface area contributed by atoms with E-state index >= 15 is 0 Å². The second-order valence-electron chi connectivity index (χ2n) is 7.45. The van der Waals surface area contributed by atoms with E-state index in [-0.39, 0.29) is 16.2 Å². The second kappa shape index (κ2) is 9.53. The van der Waals surface area contributed by atoms with Gasteiger partial charge < -0.3 is 4.74 Å². The van der Waals surface area contributed by atoms with Crippen LogP contribution in [0.1, 0.15) is 59.4 Å². The molecule has 1 fully saturated rings. The van der Waals surface area contributed by atoms with Crippen LogP contribution in [-0.4, -0.2) is 43.7 Å². The number of hydrogen-bond donors (Lipinski definition) is 0. The van der Waals surface area contributed by atoms with Crippen molar-refractivity contribution in [2.24, 2.45) is 0 Å². The Morgan fingerprint density at radius 3 is 2.07 bits per heavy atom. The summed E-state index contributed by atoms with van der Waals surface area (Å²) in [5.41, 5.74) is 1.81. The predicted octanol–water partition coefficient (Wildman–Crippen LogP) is 3.85. The van der Waals surface area contributed by atoms with E-state index in [1.807, 2.05) is 19.1 Å². The molecular weight excluding hydrogens is 402 g/mol. The van der Waals surface area contributed by atoms with Gasteiger partial charge in [-0.25, -0.2) is 13.2 Å². The van der Waals surface area contributed by atoms with E-state index in [2.05, 4.69) is 0 Å². The number of hydrogen-bond acceptors (Lipinski definition) is 5. The molecule has 30 heavy (non-hydrogen) atoms. The zero-order chi connectivity index (χ0) is 21.7. The first-order valence-electron chi connectivity index (χ1n) is 10.3. The topological polar surface area (TPSA) is 80.8 Å². The third-order valence-corrected chi connectivity index (χ3v) is 7.26. The number of sulfonamides is 1. The van der Waals surface area contributed by atoms with Crippen LogP contribution in [0.3, 0.4) is 0 Å².